The standard InChI is InChI=1S/C20H21F3N2O5S/c1-12(2)25-31(28,29)17-10-8-16(9-11-17)24-18(26)13(3)30-19(27)14-4-6-15(7-5-14)20(21,22)23/h4-13,25H,1-3H3,(H,24,26). The fourth-order valence-corrected chi connectivity index (χ4v) is 3.67. The smallest absolute Gasteiger partial charge is 0.416 e. The molecule has 0 aromatic heterocycles. The predicted molar refractivity (Wildman–Crippen MR) is 107 cm³/mol. The van der Waals surface area contributed by atoms with Gasteiger partial charge in [-0.2, -0.15) is 13.2 Å². The minimum absolute atomic E-state index is 0.0148. The molecule has 168 valence electrons. The van der Waals surface area contributed by atoms with E-state index in [1.54, 1.807) is 13.8 Å². The minimum atomic E-state index is -4.53. The molecule has 2 N–H and O–H groups in total. The number of carbonyl (C=O) groups excluding carboxylic acids is 2. The van der Waals surface area contributed by atoms with Gasteiger partial charge in [-0.3, -0.25) is 4.79 Å². The van der Waals surface area contributed by atoms with Crippen LogP contribution in [0.25, 0.3) is 0 Å². The maximum atomic E-state index is 12.6. The normalized spacial score (nSPS) is 13.0. The van der Waals surface area contributed by atoms with Crippen molar-refractivity contribution in [3.8, 4) is 0 Å². The molecule has 0 aliphatic heterocycles. The second-order valence-electron chi connectivity index (χ2n) is 6.91. The highest BCUT2D eigenvalue weighted by Crippen LogP contribution is 2.29. The first-order valence-electron chi connectivity index (χ1n) is 9.11. The van der Waals surface area contributed by atoms with Crippen LogP contribution in [0, 0.1) is 0 Å². The van der Waals surface area contributed by atoms with E-state index in [0.29, 0.717) is 0 Å². The third-order valence-corrected chi connectivity index (χ3v) is 5.60. The molecular weight excluding hydrogens is 437 g/mol. The van der Waals surface area contributed by atoms with Crippen molar-refractivity contribution in [1.29, 1.82) is 0 Å². The summed E-state index contributed by atoms with van der Waals surface area (Å²) in [6.07, 6.45) is -5.78. The van der Waals surface area contributed by atoms with Gasteiger partial charge in [0.15, 0.2) is 6.10 Å². The van der Waals surface area contributed by atoms with Crippen LogP contribution in [0.4, 0.5) is 18.9 Å². The zero-order valence-electron chi connectivity index (χ0n) is 16.9. The Kier molecular flexibility index (Phi) is 7.45. The van der Waals surface area contributed by atoms with Gasteiger partial charge in [0.1, 0.15) is 0 Å². The number of hydrogen-bond donors (Lipinski definition) is 2. The average molecular weight is 458 g/mol. The topological polar surface area (TPSA) is 102 Å². The van der Waals surface area contributed by atoms with Crippen LogP contribution >= 0.6 is 0 Å². The monoisotopic (exact) mass is 458 g/mol. The van der Waals surface area contributed by atoms with E-state index >= 15 is 0 Å². The number of nitrogens with one attached hydrogen (secondary N) is 2. The van der Waals surface area contributed by atoms with E-state index in [1.807, 2.05) is 0 Å². The number of ether oxygens (including phenoxy) is 1. The highest BCUT2D eigenvalue weighted by Gasteiger charge is 2.30. The molecule has 0 radical (unpaired) electrons. The van der Waals surface area contributed by atoms with Gasteiger partial charge in [0.25, 0.3) is 5.91 Å². The zero-order valence-corrected chi connectivity index (χ0v) is 17.7. The van der Waals surface area contributed by atoms with Crippen LogP contribution in [0.3, 0.4) is 0 Å². The fourth-order valence-electron chi connectivity index (χ4n) is 2.42. The van der Waals surface area contributed by atoms with E-state index in [0.717, 1.165) is 24.3 Å². The first-order chi connectivity index (χ1) is 14.3. The summed E-state index contributed by atoms with van der Waals surface area (Å²) in [4.78, 5) is 24.3. The molecule has 1 unspecified atom stereocenters. The molecule has 1 atom stereocenters. The third kappa shape index (κ3) is 6.79. The van der Waals surface area contributed by atoms with Crippen molar-refractivity contribution in [1.82, 2.24) is 4.72 Å². The summed E-state index contributed by atoms with van der Waals surface area (Å²) < 4.78 is 69.4. The average Bonchev–Trinajstić information content (AvgIpc) is 2.66. The summed E-state index contributed by atoms with van der Waals surface area (Å²) in [5.74, 6) is -1.66. The molecule has 11 heteroatoms. The summed E-state index contributed by atoms with van der Waals surface area (Å²) in [7, 11) is -3.68. The number of esters is 1. The third-order valence-electron chi connectivity index (χ3n) is 3.92. The molecule has 0 aliphatic rings. The molecule has 0 saturated carbocycles. The lowest BCUT2D eigenvalue weighted by Gasteiger charge is -2.14. The second kappa shape index (κ2) is 9.48. The van der Waals surface area contributed by atoms with Crippen molar-refractivity contribution in [3.05, 3.63) is 59.7 Å². The maximum absolute atomic E-state index is 12.6. The van der Waals surface area contributed by atoms with Crippen LogP contribution < -0.4 is 10.0 Å². The Balaban J connectivity index is 1.98. The van der Waals surface area contributed by atoms with Crippen molar-refractivity contribution in [2.45, 2.75) is 44.0 Å². The van der Waals surface area contributed by atoms with E-state index in [4.69, 9.17) is 4.74 Å². The zero-order chi connectivity index (χ0) is 23.4. The molecule has 2 aromatic rings. The SMILES string of the molecule is CC(C)NS(=O)(=O)c1ccc(NC(=O)C(C)OC(=O)c2ccc(C(F)(F)F)cc2)cc1. The number of amides is 1. The Hall–Kier alpha value is -2.92. The first kappa shape index (κ1) is 24.4. The van der Waals surface area contributed by atoms with Crippen LogP contribution in [-0.2, 0) is 25.7 Å². The quantitative estimate of drug-likeness (QED) is 0.618. The molecule has 2 rings (SSSR count). The van der Waals surface area contributed by atoms with E-state index in [1.165, 1.54) is 31.2 Å². The van der Waals surface area contributed by atoms with Gasteiger partial charge in [-0.15, -0.1) is 0 Å². The highest BCUT2D eigenvalue weighted by atomic mass is 32.2. The predicted octanol–water partition coefficient (Wildman–Crippen LogP) is 3.58. The van der Waals surface area contributed by atoms with Crippen molar-refractivity contribution in [3.63, 3.8) is 0 Å². The van der Waals surface area contributed by atoms with Crippen molar-refractivity contribution >= 4 is 27.6 Å². The fraction of sp³-hybridized carbons (Fsp3) is 0.300. The van der Waals surface area contributed by atoms with Gasteiger partial charge in [0.05, 0.1) is 16.0 Å². The van der Waals surface area contributed by atoms with Gasteiger partial charge in [-0.25, -0.2) is 17.9 Å². The lowest BCUT2D eigenvalue weighted by Crippen LogP contribution is -2.30. The molecule has 0 bridgehead atoms. The van der Waals surface area contributed by atoms with Crippen LogP contribution in [0.2, 0.25) is 0 Å². The summed E-state index contributed by atoms with van der Waals surface area (Å²) in [5.41, 5.74) is -0.783. The minimum Gasteiger partial charge on any atom is -0.449 e. The first-order valence-corrected chi connectivity index (χ1v) is 10.6. The van der Waals surface area contributed by atoms with Gasteiger partial charge in [0.2, 0.25) is 10.0 Å². The molecule has 31 heavy (non-hydrogen) atoms. The van der Waals surface area contributed by atoms with Crippen molar-refractivity contribution in [2.75, 3.05) is 5.32 Å². The summed E-state index contributed by atoms with van der Waals surface area (Å²) in [6.45, 7) is 4.65. The summed E-state index contributed by atoms with van der Waals surface area (Å²) in [5, 5.41) is 2.47. The molecule has 0 heterocycles. The van der Waals surface area contributed by atoms with E-state index in [9.17, 15) is 31.2 Å². The molecule has 0 aliphatic carbocycles. The number of anilines is 1. The van der Waals surface area contributed by atoms with E-state index in [-0.39, 0.29) is 22.2 Å². The number of benzene rings is 2. The van der Waals surface area contributed by atoms with Gasteiger partial charge >= 0.3 is 12.1 Å². The van der Waals surface area contributed by atoms with Gasteiger partial charge in [0, 0.05) is 11.7 Å². The Morgan fingerprint density at radius 1 is 0.935 bits per heavy atom. The largest absolute Gasteiger partial charge is 0.449 e. The Morgan fingerprint density at radius 2 is 1.48 bits per heavy atom. The molecule has 7 nitrogen and oxygen atoms in total. The number of sulfonamides is 1. The van der Waals surface area contributed by atoms with Crippen molar-refractivity contribution in [2.24, 2.45) is 0 Å². The van der Waals surface area contributed by atoms with E-state index in [2.05, 4.69) is 10.0 Å². The number of halogens is 3. The van der Waals surface area contributed by atoms with Gasteiger partial charge in [-0.1, -0.05) is 0 Å². The van der Waals surface area contributed by atoms with Crippen LogP contribution in [0.5, 0.6) is 0 Å². The number of hydrogen-bond acceptors (Lipinski definition) is 5. The molecular formula is C20H21F3N2O5S. The summed E-state index contributed by atoms with van der Waals surface area (Å²) >= 11 is 0. The Bertz CT molecular complexity index is 1030. The molecule has 0 saturated heterocycles. The van der Waals surface area contributed by atoms with E-state index < -0.39 is 39.7 Å². The molecule has 0 spiro atoms. The molecule has 0 fully saturated rings. The number of alkyl halides is 3. The van der Waals surface area contributed by atoms with Crippen LogP contribution in [0.1, 0.15) is 36.7 Å². The number of rotatable bonds is 7. The Labute approximate surface area is 177 Å². The van der Waals surface area contributed by atoms with Gasteiger partial charge in [-0.05, 0) is 69.3 Å². The molecule has 2 aromatic carbocycles. The summed E-state index contributed by atoms with van der Waals surface area (Å²) in [6, 6.07) is 8.47. The second-order valence-corrected chi connectivity index (χ2v) is 8.63. The van der Waals surface area contributed by atoms with Crippen LogP contribution in [0.15, 0.2) is 53.4 Å². The maximum Gasteiger partial charge on any atom is 0.416 e. The Morgan fingerprint density at radius 3 is 1.97 bits per heavy atom. The highest BCUT2D eigenvalue weighted by molar-refractivity contribution is 7.89. The van der Waals surface area contributed by atoms with Crippen molar-refractivity contribution < 1.29 is 35.9 Å². The van der Waals surface area contributed by atoms with Gasteiger partial charge < -0.3 is 10.1 Å². The number of carbonyl (C=O) groups is 2. The van der Waals surface area contributed by atoms with Crippen LogP contribution in [-0.4, -0.2) is 32.4 Å². The lowest BCUT2D eigenvalue weighted by molar-refractivity contribution is -0.137. The molecule has 1 amide bonds. The lowest BCUT2D eigenvalue weighted by atomic mass is 10.1.